The van der Waals surface area contributed by atoms with Crippen LogP contribution in [0.1, 0.15) is 96.3 Å². The Morgan fingerprint density at radius 3 is 1.24 bits per heavy atom. The summed E-state index contributed by atoms with van der Waals surface area (Å²) in [5, 5.41) is 0. The molecule has 0 saturated carbocycles. The molecule has 0 radical (unpaired) electrons. The molecule has 25 heavy (non-hydrogen) atoms. The average Bonchev–Trinajstić information content (AvgIpc) is 2.63. The van der Waals surface area contributed by atoms with Crippen LogP contribution in [0.15, 0.2) is 12.2 Å². The van der Waals surface area contributed by atoms with E-state index in [0.717, 1.165) is 25.7 Å². The first-order chi connectivity index (χ1) is 12.2. The van der Waals surface area contributed by atoms with Gasteiger partial charge in [-0.3, -0.25) is 9.59 Å². The van der Waals surface area contributed by atoms with E-state index in [1.807, 2.05) is 0 Å². The Morgan fingerprint density at radius 1 is 0.560 bits per heavy atom. The molecule has 0 saturated heterocycles. The summed E-state index contributed by atoms with van der Waals surface area (Å²) in [6.45, 7) is 0. The minimum atomic E-state index is -0.0934. The van der Waals surface area contributed by atoms with E-state index >= 15 is 0 Å². The van der Waals surface area contributed by atoms with Gasteiger partial charge in [0.25, 0.3) is 0 Å². The van der Waals surface area contributed by atoms with E-state index < -0.39 is 0 Å². The monoisotopic (exact) mass is 354 g/mol. The van der Waals surface area contributed by atoms with Gasteiger partial charge < -0.3 is 9.47 Å². The van der Waals surface area contributed by atoms with Crippen molar-refractivity contribution in [1.82, 2.24) is 0 Å². The molecule has 0 unspecified atom stereocenters. The van der Waals surface area contributed by atoms with E-state index in [2.05, 4.69) is 21.6 Å². The van der Waals surface area contributed by atoms with Crippen LogP contribution in [-0.2, 0) is 19.1 Å². The Balaban J connectivity index is 3.16. The zero-order valence-corrected chi connectivity index (χ0v) is 16.4. The van der Waals surface area contributed by atoms with Crippen LogP contribution in [0.2, 0.25) is 0 Å². The molecule has 0 aromatic rings. The zero-order valence-electron chi connectivity index (χ0n) is 16.4. The maximum Gasteiger partial charge on any atom is 0.305 e. The van der Waals surface area contributed by atoms with Crippen LogP contribution in [0.25, 0.3) is 0 Å². The first kappa shape index (κ1) is 23.7. The largest absolute Gasteiger partial charge is 0.469 e. The summed E-state index contributed by atoms with van der Waals surface area (Å²) < 4.78 is 9.25. The number of carbonyl (C=O) groups excluding carboxylic acids is 2. The number of carbonyl (C=O) groups is 2. The van der Waals surface area contributed by atoms with Crippen LogP contribution >= 0.6 is 0 Å². The van der Waals surface area contributed by atoms with E-state index in [1.54, 1.807) is 0 Å². The minimum absolute atomic E-state index is 0.0914. The summed E-state index contributed by atoms with van der Waals surface area (Å²) in [5.41, 5.74) is 0. The SMILES string of the molecule is COC(=O)CCCCCCCC=CCCCCCCCCC(=O)OC. The highest BCUT2D eigenvalue weighted by molar-refractivity contribution is 5.69. The molecular weight excluding hydrogens is 316 g/mol. The number of allylic oxidation sites excluding steroid dienone is 2. The topological polar surface area (TPSA) is 52.6 Å². The quantitative estimate of drug-likeness (QED) is 0.190. The highest BCUT2D eigenvalue weighted by Crippen LogP contribution is 2.11. The molecule has 4 heteroatoms. The minimum Gasteiger partial charge on any atom is -0.469 e. The lowest BCUT2D eigenvalue weighted by Crippen LogP contribution is -1.99. The highest BCUT2D eigenvalue weighted by atomic mass is 16.5. The fraction of sp³-hybridized carbons (Fsp3) is 0.810. The lowest BCUT2D eigenvalue weighted by Gasteiger charge is -2.01. The standard InChI is InChI=1S/C21H38O4/c1-24-20(22)18-16-14-12-10-8-6-4-3-5-7-9-11-13-15-17-19-21(23)25-2/h3-4H,5-19H2,1-2H3. The van der Waals surface area contributed by atoms with Crippen LogP contribution in [0.4, 0.5) is 0 Å². The Bertz CT molecular complexity index is 350. The van der Waals surface area contributed by atoms with Gasteiger partial charge in [-0.15, -0.1) is 0 Å². The molecule has 0 rings (SSSR count). The number of ether oxygens (including phenoxy) is 2. The molecule has 0 aliphatic rings. The van der Waals surface area contributed by atoms with Crippen molar-refractivity contribution in [3.05, 3.63) is 12.2 Å². The van der Waals surface area contributed by atoms with Crippen molar-refractivity contribution in [3.63, 3.8) is 0 Å². The Kier molecular flexibility index (Phi) is 18.0. The number of methoxy groups -OCH3 is 2. The molecule has 146 valence electrons. The van der Waals surface area contributed by atoms with Crippen molar-refractivity contribution in [1.29, 1.82) is 0 Å². The second kappa shape index (κ2) is 19.0. The van der Waals surface area contributed by atoms with E-state index in [-0.39, 0.29) is 11.9 Å². The van der Waals surface area contributed by atoms with Crippen LogP contribution < -0.4 is 0 Å². The van der Waals surface area contributed by atoms with E-state index in [9.17, 15) is 9.59 Å². The lowest BCUT2D eigenvalue weighted by molar-refractivity contribution is -0.141. The van der Waals surface area contributed by atoms with E-state index in [1.165, 1.54) is 72.0 Å². The van der Waals surface area contributed by atoms with Gasteiger partial charge in [0.2, 0.25) is 0 Å². The maximum absolute atomic E-state index is 10.9. The number of esters is 2. The molecule has 0 N–H and O–H groups in total. The summed E-state index contributed by atoms with van der Waals surface area (Å²) in [6.07, 6.45) is 21.0. The summed E-state index contributed by atoms with van der Waals surface area (Å²) in [7, 11) is 2.89. The predicted molar refractivity (Wildman–Crippen MR) is 102 cm³/mol. The average molecular weight is 355 g/mol. The van der Waals surface area contributed by atoms with Crippen molar-refractivity contribution >= 4 is 11.9 Å². The van der Waals surface area contributed by atoms with Crippen LogP contribution in [0, 0.1) is 0 Å². The fourth-order valence-electron chi connectivity index (χ4n) is 2.74. The van der Waals surface area contributed by atoms with Gasteiger partial charge in [0.15, 0.2) is 0 Å². The van der Waals surface area contributed by atoms with Gasteiger partial charge in [0.1, 0.15) is 0 Å². The molecule has 0 fully saturated rings. The molecule has 0 bridgehead atoms. The zero-order chi connectivity index (χ0) is 18.6. The molecule has 0 amide bonds. The molecular formula is C21H38O4. The summed E-state index contributed by atoms with van der Waals surface area (Å²) in [4.78, 5) is 21.9. The second-order valence-electron chi connectivity index (χ2n) is 6.59. The molecule has 0 spiro atoms. The highest BCUT2D eigenvalue weighted by Gasteiger charge is 1.99. The molecule has 0 aromatic carbocycles. The summed E-state index contributed by atoms with van der Waals surface area (Å²) >= 11 is 0. The van der Waals surface area contributed by atoms with E-state index in [4.69, 9.17) is 0 Å². The normalized spacial score (nSPS) is 11.0. The van der Waals surface area contributed by atoms with Crippen molar-refractivity contribution in [2.75, 3.05) is 14.2 Å². The summed E-state index contributed by atoms with van der Waals surface area (Å²) in [5.74, 6) is -0.185. The summed E-state index contributed by atoms with van der Waals surface area (Å²) in [6, 6.07) is 0. The third-order valence-electron chi connectivity index (χ3n) is 4.38. The van der Waals surface area contributed by atoms with Gasteiger partial charge in [-0.1, -0.05) is 57.1 Å². The molecule has 4 nitrogen and oxygen atoms in total. The number of rotatable bonds is 17. The first-order valence-corrected chi connectivity index (χ1v) is 9.99. The van der Waals surface area contributed by atoms with Crippen molar-refractivity contribution in [2.45, 2.75) is 96.3 Å². The van der Waals surface area contributed by atoms with Crippen molar-refractivity contribution in [3.8, 4) is 0 Å². The molecule has 0 heterocycles. The number of unbranched alkanes of at least 4 members (excludes halogenated alkanes) is 11. The van der Waals surface area contributed by atoms with Gasteiger partial charge in [0, 0.05) is 12.8 Å². The number of hydrogen-bond donors (Lipinski definition) is 0. The van der Waals surface area contributed by atoms with Crippen molar-refractivity contribution < 1.29 is 19.1 Å². The molecule has 0 aliphatic heterocycles. The molecule has 0 atom stereocenters. The lowest BCUT2D eigenvalue weighted by atomic mass is 10.1. The predicted octanol–water partition coefficient (Wildman–Crippen LogP) is 5.74. The second-order valence-corrected chi connectivity index (χ2v) is 6.59. The van der Waals surface area contributed by atoms with E-state index in [0.29, 0.717) is 12.8 Å². The molecule has 0 aliphatic carbocycles. The third kappa shape index (κ3) is 18.9. The van der Waals surface area contributed by atoms with Gasteiger partial charge in [-0.25, -0.2) is 0 Å². The third-order valence-corrected chi connectivity index (χ3v) is 4.38. The van der Waals surface area contributed by atoms with Gasteiger partial charge in [0.05, 0.1) is 14.2 Å². The van der Waals surface area contributed by atoms with Gasteiger partial charge in [-0.05, 0) is 38.5 Å². The van der Waals surface area contributed by atoms with Crippen LogP contribution in [0.5, 0.6) is 0 Å². The van der Waals surface area contributed by atoms with Gasteiger partial charge >= 0.3 is 11.9 Å². The first-order valence-electron chi connectivity index (χ1n) is 9.99. The van der Waals surface area contributed by atoms with Crippen LogP contribution in [0.3, 0.4) is 0 Å². The Labute approximate surface area is 154 Å². The fourth-order valence-corrected chi connectivity index (χ4v) is 2.74. The van der Waals surface area contributed by atoms with Crippen LogP contribution in [-0.4, -0.2) is 26.2 Å². The smallest absolute Gasteiger partial charge is 0.305 e. The number of hydrogen-bond acceptors (Lipinski definition) is 4. The van der Waals surface area contributed by atoms with Crippen molar-refractivity contribution in [2.24, 2.45) is 0 Å². The maximum atomic E-state index is 10.9. The molecule has 0 aromatic heterocycles. The Morgan fingerprint density at radius 2 is 0.880 bits per heavy atom. The Hall–Kier alpha value is -1.32. The van der Waals surface area contributed by atoms with Gasteiger partial charge in [-0.2, -0.15) is 0 Å².